The second kappa shape index (κ2) is 10.7. The molecular weight excluding hydrogens is 485 g/mol. The first-order valence-electron chi connectivity index (χ1n) is 11.8. The molecule has 3 aromatic rings. The van der Waals surface area contributed by atoms with E-state index in [-0.39, 0.29) is 23.9 Å². The molecule has 3 rings (SSSR count). The molecule has 0 radical (unpaired) electrons. The van der Waals surface area contributed by atoms with Crippen LogP contribution in [-0.4, -0.2) is 23.8 Å². The smallest absolute Gasteiger partial charge is 0.416 e. The summed E-state index contributed by atoms with van der Waals surface area (Å²) in [6.07, 6.45) is -4.74. The first-order chi connectivity index (χ1) is 17.2. The van der Waals surface area contributed by atoms with E-state index < -0.39 is 23.3 Å². The minimum Gasteiger partial charge on any atom is -0.490 e. The summed E-state index contributed by atoms with van der Waals surface area (Å²) in [5.74, 6) is -0.0538. The highest BCUT2D eigenvalue weighted by Gasteiger charge is 2.38. The van der Waals surface area contributed by atoms with E-state index in [1.165, 1.54) is 12.5 Å². The topological polar surface area (TPSA) is 65.0 Å². The van der Waals surface area contributed by atoms with Crippen LogP contribution in [0.1, 0.15) is 51.3 Å². The van der Waals surface area contributed by atoms with Gasteiger partial charge in [0.05, 0.1) is 5.56 Å². The zero-order chi connectivity index (χ0) is 27.4. The standard InChI is InChI=1S/C29H31F3O5/c1-19(36-24-14-6-20(7-15-24)27(2,3)4)18-35-23-12-8-21(9-13-23)28(5,26(33)34)37-25-16-10-22(11-17-25)29(30,31)32/h6-17,19H,18H2,1-5H3,(H,33,34). The van der Waals surface area contributed by atoms with Crippen molar-refractivity contribution in [3.8, 4) is 17.2 Å². The molecule has 0 amide bonds. The van der Waals surface area contributed by atoms with E-state index in [1.54, 1.807) is 24.3 Å². The lowest BCUT2D eigenvalue weighted by Gasteiger charge is -2.27. The lowest BCUT2D eigenvalue weighted by Crippen LogP contribution is -2.38. The van der Waals surface area contributed by atoms with Crippen LogP contribution in [0.2, 0.25) is 0 Å². The van der Waals surface area contributed by atoms with Gasteiger partial charge in [-0.05, 0) is 73.4 Å². The van der Waals surface area contributed by atoms with Crippen molar-refractivity contribution < 1.29 is 37.3 Å². The van der Waals surface area contributed by atoms with Crippen LogP contribution in [0.25, 0.3) is 0 Å². The van der Waals surface area contributed by atoms with Crippen LogP contribution >= 0.6 is 0 Å². The molecule has 1 N–H and O–H groups in total. The van der Waals surface area contributed by atoms with Crippen LogP contribution in [0.4, 0.5) is 13.2 Å². The first-order valence-corrected chi connectivity index (χ1v) is 11.8. The molecule has 0 aliphatic heterocycles. The molecule has 0 heterocycles. The zero-order valence-corrected chi connectivity index (χ0v) is 21.4. The molecule has 0 bridgehead atoms. The number of carboxylic acid groups (broad SMARTS) is 1. The van der Waals surface area contributed by atoms with Gasteiger partial charge in [-0.2, -0.15) is 13.2 Å². The third-order valence-electron chi connectivity index (χ3n) is 5.86. The SMILES string of the molecule is CC(COc1ccc(C(C)(Oc2ccc(C(F)(F)F)cc2)C(=O)O)cc1)Oc1ccc(C(C)(C)C)cc1. The Balaban J connectivity index is 1.62. The van der Waals surface area contributed by atoms with Crippen LogP contribution in [0.15, 0.2) is 72.8 Å². The van der Waals surface area contributed by atoms with Crippen LogP contribution in [0.3, 0.4) is 0 Å². The van der Waals surface area contributed by atoms with Gasteiger partial charge in [0.1, 0.15) is 30.0 Å². The maximum atomic E-state index is 12.8. The number of carbonyl (C=O) groups is 1. The van der Waals surface area contributed by atoms with Gasteiger partial charge < -0.3 is 19.3 Å². The predicted molar refractivity (Wildman–Crippen MR) is 134 cm³/mol. The summed E-state index contributed by atoms with van der Waals surface area (Å²) >= 11 is 0. The van der Waals surface area contributed by atoms with Gasteiger partial charge in [0.2, 0.25) is 5.60 Å². The molecular formula is C29H31F3O5. The lowest BCUT2D eigenvalue weighted by atomic mass is 9.87. The number of carboxylic acids is 1. The van der Waals surface area contributed by atoms with Crippen molar-refractivity contribution in [1.82, 2.24) is 0 Å². The summed E-state index contributed by atoms with van der Waals surface area (Å²) in [5, 5.41) is 9.83. The average Bonchev–Trinajstić information content (AvgIpc) is 2.82. The van der Waals surface area contributed by atoms with Crippen molar-refractivity contribution in [2.75, 3.05) is 6.61 Å². The van der Waals surface area contributed by atoms with Crippen molar-refractivity contribution in [1.29, 1.82) is 0 Å². The molecule has 198 valence electrons. The highest BCUT2D eigenvalue weighted by Crippen LogP contribution is 2.34. The second-order valence-corrected chi connectivity index (χ2v) is 10.0. The first kappa shape index (κ1) is 27.9. The largest absolute Gasteiger partial charge is 0.490 e. The van der Waals surface area contributed by atoms with Crippen LogP contribution in [-0.2, 0) is 22.0 Å². The maximum Gasteiger partial charge on any atom is 0.416 e. The molecule has 0 aliphatic carbocycles. The van der Waals surface area contributed by atoms with E-state index in [2.05, 4.69) is 20.8 Å². The van der Waals surface area contributed by atoms with Gasteiger partial charge in [-0.1, -0.05) is 45.0 Å². The molecule has 0 spiro atoms. The minimum atomic E-state index is -4.50. The van der Waals surface area contributed by atoms with Gasteiger partial charge in [-0.25, -0.2) is 4.79 Å². The Morgan fingerprint density at radius 1 is 0.757 bits per heavy atom. The fraction of sp³-hybridized carbons (Fsp3) is 0.345. The molecule has 3 aromatic carbocycles. The van der Waals surface area contributed by atoms with E-state index in [0.29, 0.717) is 11.3 Å². The van der Waals surface area contributed by atoms with Gasteiger partial charge >= 0.3 is 12.1 Å². The number of alkyl halides is 3. The van der Waals surface area contributed by atoms with E-state index in [4.69, 9.17) is 14.2 Å². The molecule has 5 nitrogen and oxygen atoms in total. The van der Waals surface area contributed by atoms with Crippen molar-refractivity contribution in [2.45, 2.75) is 57.9 Å². The van der Waals surface area contributed by atoms with Gasteiger partial charge in [0, 0.05) is 5.56 Å². The highest BCUT2D eigenvalue weighted by molar-refractivity contribution is 5.79. The fourth-order valence-electron chi connectivity index (χ4n) is 3.56. The molecule has 37 heavy (non-hydrogen) atoms. The number of hydrogen-bond donors (Lipinski definition) is 1. The molecule has 0 aromatic heterocycles. The van der Waals surface area contributed by atoms with Gasteiger partial charge in [-0.15, -0.1) is 0 Å². The number of hydrogen-bond acceptors (Lipinski definition) is 4. The Hall–Kier alpha value is -3.68. The fourth-order valence-corrected chi connectivity index (χ4v) is 3.56. The summed E-state index contributed by atoms with van der Waals surface area (Å²) in [6, 6.07) is 18.1. The Morgan fingerprint density at radius 2 is 1.22 bits per heavy atom. The van der Waals surface area contributed by atoms with Crippen molar-refractivity contribution in [3.63, 3.8) is 0 Å². The molecule has 0 fully saturated rings. The zero-order valence-electron chi connectivity index (χ0n) is 21.4. The van der Waals surface area contributed by atoms with Crippen LogP contribution in [0, 0.1) is 0 Å². The van der Waals surface area contributed by atoms with E-state index in [9.17, 15) is 23.1 Å². The Labute approximate surface area is 214 Å². The second-order valence-electron chi connectivity index (χ2n) is 10.0. The van der Waals surface area contributed by atoms with Gasteiger partial charge in [0.15, 0.2) is 0 Å². The number of aliphatic carboxylic acids is 1. The Kier molecular flexibility index (Phi) is 8.10. The van der Waals surface area contributed by atoms with E-state index in [1.807, 2.05) is 31.2 Å². The average molecular weight is 517 g/mol. The third kappa shape index (κ3) is 7.18. The molecule has 0 saturated heterocycles. The van der Waals surface area contributed by atoms with Crippen molar-refractivity contribution in [2.24, 2.45) is 0 Å². The number of benzene rings is 3. The molecule has 2 unspecified atom stereocenters. The summed E-state index contributed by atoms with van der Waals surface area (Å²) < 4.78 is 55.8. The van der Waals surface area contributed by atoms with Crippen molar-refractivity contribution in [3.05, 3.63) is 89.5 Å². The maximum absolute atomic E-state index is 12.8. The number of rotatable bonds is 9. The molecule has 0 aliphatic rings. The number of halogens is 3. The van der Waals surface area contributed by atoms with Crippen LogP contribution in [0.5, 0.6) is 17.2 Å². The monoisotopic (exact) mass is 516 g/mol. The van der Waals surface area contributed by atoms with E-state index >= 15 is 0 Å². The normalized spacial score (nSPS) is 14.4. The summed E-state index contributed by atoms with van der Waals surface area (Å²) in [6.45, 7) is 9.91. The van der Waals surface area contributed by atoms with Gasteiger partial charge in [0.25, 0.3) is 0 Å². The number of ether oxygens (including phenoxy) is 3. The van der Waals surface area contributed by atoms with Gasteiger partial charge in [-0.3, -0.25) is 0 Å². The Bertz CT molecular complexity index is 1180. The van der Waals surface area contributed by atoms with Crippen molar-refractivity contribution >= 4 is 5.97 Å². The van der Waals surface area contributed by atoms with Crippen LogP contribution < -0.4 is 14.2 Å². The lowest BCUT2D eigenvalue weighted by molar-refractivity contribution is -0.154. The minimum absolute atomic E-state index is 0.000247. The summed E-state index contributed by atoms with van der Waals surface area (Å²) in [5.41, 5.74) is -1.11. The predicted octanol–water partition coefficient (Wildman–Crippen LogP) is 7.23. The summed E-state index contributed by atoms with van der Waals surface area (Å²) in [4.78, 5) is 12.0. The summed E-state index contributed by atoms with van der Waals surface area (Å²) in [7, 11) is 0. The van der Waals surface area contributed by atoms with E-state index in [0.717, 1.165) is 30.0 Å². The highest BCUT2D eigenvalue weighted by atomic mass is 19.4. The third-order valence-corrected chi connectivity index (χ3v) is 5.86. The molecule has 2 atom stereocenters. The Morgan fingerprint density at radius 3 is 1.70 bits per heavy atom. The molecule has 8 heteroatoms. The quantitative estimate of drug-likeness (QED) is 0.325. The molecule has 0 saturated carbocycles.